The number of carbonyl (C=O) groups is 1. The minimum Gasteiger partial charge on any atom is -0.347 e. The van der Waals surface area contributed by atoms with Crippen molar-refractivity contribution in [2.45, 2.75) is 33.4 Å². The van der Waals surface area contributed by atoms with Crippen molar-refractivity contribution < 1.29 is 4.79 Å². The summed E-state index contributed by atoms with van der Waals surface area (Å²) < 4.78 is 0. The van der Waals surface area contributed by atoms with Crippen molar-refractivity contribution in [2.24, 2.45) is 11.8 Å². The fourth-order valence-corrected chi connectivity index (χ4v) is 4.50. The summed E-state index contributed by atoms with van der Waals surface area (Å²) in [6, 6.07) is 15.4. The molecule has 3 aromatic rings. The highest BCUT2D eigenvalue weighted by molar-refractivity contribution is 6.04. The van der Waals surface area contributed by atoms with Crippen LogP contribution in [-0.2, 0) is 13.1 Å². The average Bonchev–Trinajstić information content (AvgIpc) is 2.73. The molecule has 2 aromatic carbocycles. The second-order valence-corrected chi connectivity index (χ2v) is 8.59. The number of amides is 1. The first-order valence-electron chi connectivity index (χ1n) is 10.6. The fraction of sp³-hybridized carbons (Fsp3) is 0.375. The molecule has 1 aliphatic heterocycles. The molecule has 1 amide bonds. The number of hydrogen-bond acceptors (Lipinski definition) is 4. The van der Waals surface area contributed by atoms with Crippen molar-refractivity contribution >= 4 is 16.7 Å². The molecule has 2 heterocycles. The van der Waals surface area contributed by atoms with Gasteiger partial charge in [0.1, 0.15) is 0 Å². The third kappa shape index (κ3) is 4.60. The highest BCUT2D eigenvalue weighted by atomic mass is 16.2. The van der Waals surface area contributed by atoms with Crippen LogP contribution in [0.15, 0.2) is 53.3 Å². The van der Waals surface area contributed by atoms with Gasteiger partial charge < -0.3 is 5.32 Å². The minimum absolute atomic E-state index is 0.232. The summed E-state index contributed by atoms with van der Waals surface area (Å²) in [5.41, 5.74) is 2.26. The predicted molar refractivity (Wildman–Crippen MR) is 118 cm³/mol. The lowest BCUT2D eigenvalue weighted by molar-refractivity contribution is 0.0946. The van der Waals surface area contributed by atoms with Crippen molar-refractivity contribution in [1.29, 1.82) is 0 Å². The number of aromatic nitrogens is 2. The van der Waals surface area contributed by atoms with Crippen molar-refractivity contribution in [2.75, 3.05) is 13.1 Å². The molecule has 2 atom stereocenters. The molecule has 1 fully saturated rings. The first kappa shape index (κ1) is 20.3. The second kappa shape index (κ2) is 8.79. The number of piperidine rings is 1. The molecule has 156 valence electrons. The van der Waals surface area contributed by atoms with Crippen molar-refractivity contribution in [3.05, 3.63) is 75.7 Å². The van der Waals surface area contributed by atoms with E-state index in [1.165, 1.54) is 12.0 Å². The number of aromatic amines is 1. The van der Waals surface area contributed by atoms with Gasteiger partial charge in [0, 0.05) is 31.6 Å². The molecular formula is C24H28N4O2. The van der Waals surface area contributed by atoms with E-state index in [9.17, 15) is 9.59 Å². The molecule has 4 rings (SSSR count). The molecule has 1 aliphatic rings. The smallest absolute Gasteiger partial charge is 0.272 e. The van der Waals surface area contributed by atoms with Crippen LogP contribution in [0.4, 0.5) is 0 Å². The van der Waals surface area contributed by atoms with Gasteiger partial charge in [0.2, 0.25) is 0 Å². The van der Waals surface area contributed by atoms with E-state index in [-0.39, 0.29) is 17.2 Å². The van der Waals surface area contributed by atoms with E-state index in [0.717, 1.165) is 37.0 Å². The Bertz CT molecular complexity index is 1080. The molecule has 2 unspecified atom stereocenters. The summed E-state index contributed by atoms with van der Waals surface area (Å²) in [4.78, 5) is 27.1. The van der Waals surface area contributed by atoms with Gasteiger partial charge in [-0.3, -0.25) is 14.5 Å². The molecule has 1 saturated heterocycles. The molecule has 1 aromatic heterocycles. The van der Waals surface area contributed by atoms with E-state index in [2.05, 4.69) is 58.5 Å². The molecule has 0 aliphatic carbocycles. The standard InChI is InChI=1S/C24H28N4O2/c1-16-11-17(2)14-28(13-16)15-19-9-7-18(8-10-19)12-25-24(30)22-20-5-3-4-6-21(20)23(29)27-26-22/h3-10,16-17H,11-15H2,1-2H3,(H,25,30)(H,27,29). The Morgan fingerprint density at radius 1 is 1.03 bits per heavy atom. The molecule has 6 heteroatoms. The topological polar surface area (TPSA) is 78.1 Å². The number of rotatable bonds is 5. The second-order valence-electron chi connectivity index (χ2n) is 8.59. The van der Waals surface area contributed by atoms with E-state index in [1.807, 2.05) is 0 Å². The summed E-state index contributed by atoms with van der Waals surface area (Å²) >= 11 is 0. The van der Waals surface area contributed by atoms with E-state index in [0.29, 0.717) is 17.3 Å². The molecule has 6 nitrogen and oxygen atoms in total. The van der Waals surface area contributed by atoms with Crippen LogP contribution in [0.5, 0.6) is 0 Å². The number of fused-ring (bicyclic) bond motifs is 1. The maximum Gasteiger partial charge on any atom is 0.272 e. The van der Waals surface area contributed by atoms with E-state index in [1.54, 1.807) is 24.3 Å². The van der Waals surface area contributed by atoms with Crippen LogP contribution in [0, 0.1) is 11.8 Å². The lowest BCUT2D eigenvalue weighted by Gasteiger charge is -2.35. The van der Waals surface area contributed by atoms with Gasteiger partial charge in [-0.05, 0) is 35.4 Å². The quantitative estimate of drug-likeness (QED) is 0.684. The minimum atomic E-state index is -0.303. The normalized spacial score (nSPS) is 19.7. The van der Waals surface area contributed by atoms with Gasteiger partial charge in [0.05, 0.1) is 5.39 Å². The highest BCUT2D eigenvalue weighted by Gasteiger charge is 2.21. The lowest BCUT2D eigenvalue weighted by Crippen LogP contribution is -2.38. The third-order valence-electron chi connectivity index (χ3n) is 5.74. The summed E-state index contributed by atoms with van der Waals surface area (Å²) in [6.45, 7) is 8.34. The Labute approximate surface area is 176 Å². The Morgan fingerprint density at radius 2 is 1.67 bits per heavy atom. The molecule has 30 heavy (non-hydrogen) atoms. The average molecular weight is 405 g/mol. The Kier molecular flexibility index (Phi) is 5.95. The van der Waals surface area contributed by atoms with Gasteiger partial charge >= 0.3 is 0 Å². The largest absolute Gasteiger partial charge is 0.347 e. The SMILES string of the molecule is CC1CC(C)CN(Cc2ccc(CNC(=O)c3n[nH]c(=O)c4ccccc34)cc2)C1. The van der Waals surface area contributed by atoms with Crippen LogP contribution in [0.2, 0.25) is 0 Å². The molecular weight excluding hydrogens is 376 g/mol. The lowest BCUT2D eigenvalue weighted by atomic mass is 9.91. The fourth-order valence-electron chi connectivity index (χ4n) is 4.50. The number of H-pyrrole nitrogens is 1. The van der Waals surface area contributed by atoms with Crippen LogP contribution >= 0.6 is 0 Å². The molecule has 0 spiro atoms. The van der Waals surface area contributed by atoms with Gasteiger partial charge in [-0.25, -0.2) is 5.10 Å². The predicted octanol–water partition coefficient (Wildman–Crippen LogP) is 3.33. The number of carbonyl (C=O) groups excluding carboxylic acids is 1. The van der Waals surface area contributed by atoms with Gasteiger partial charge in [-0.1, -0.05) is 56.3 Å². The summed E-state index contributed by atoms with van der Waals surface area (Å²) in [5, 5.41) is 10.3. The zero-order valence-electron chi connectivity index (χ0n) is 17.5. The summed E-state index contributed by atoms with van der Waals surface area (Å²) in [5.74, 6) is 1.20. The van der Waals surface area contributed by atoms with Crippen molar-refractivity contribution in [3.8, 4) is 0 Å². The van der Waals surface area contributed by atoms with Crippen LogP contribution in [0.25, 0.3) is 10.8 Å². The van der Waals surface area contributed by atoms with Crippen molar-refractivity contribution in [3.63, 3.8) is 0 Å². The Balaban J connectivity index is 1.38. The van der Waals surface area contributed by atoms with E-state index < -0.39 is 0 Å². The number of hydrogen-bond donors (Lipinski definition) is 2. The number of benzene rings is 2. The summed E-state index contributed by atoms with van der Waals surface area (Å²) in [7, 11) is 0. The van der Waals surface area contributed by atoms with Gasteiger partial charge in [0.15, 0.2) is 5.69 Å². The number of nitrogens with zero attached hydrogens (tertiary/aromatic N) is 2. The van der Waals surface area contributed by atoms with Gasteiger partial charge in [-0.2, -0.15) is 5.10 Å². The third-order valence-corrected chi connectivity index (χ3v) is 5.74. The molecule has 0 saturated carbocycles. The Hall–Kier alpha value is -2.99. The molecule has 0 bridgehead atoms. The van der Waals surface area contributed by atoms with Crippen LogP contribution in [0.1, 0.15) is 41.9 Å². The zero-order valence-corrected chi connectivity index (χ0v) is 17.5. The summed E-state index contributed by atoms with van der Waals surface area (Å²) in [6.07, 6.45) is 1.31. The van der Waals surface area contributed by atoms with E-state index in [4.69, 9.17) is 0 Å². The monoisotopic (exact) mass is 404 g/mol. The van der Waals surface area contributed by atoms with Gasteiger partial charge in [-0.15, -0.1) is 0 Å². The van der Waals surface area contributed by atoms with Gasteiger partial charge in [0.25, 0.3) is 11.5 Å². The van der Waals surface area contributed by atoms with Crippen molar-refractivity contribution in [1.82, 2.24) is 20.4 Å². The molecule has 0 radical (unpaired) electrons. The highest BCUT2D eigenvalue weighted by Crippen LogP contribution is 2.22. The van der Waals surface area contributed by atoms with Crippen LogP contribution in [0.3, 0.4) is 0 Å². The zero-order chi connectivity index (χ0) is 21.1. The maximum absolute atomic E-state index is 12.6. The van der Waals surface area contributed by atoms with Crippen LogP contribution < -0.4 is 10.9 Å². The van der Waals surface area contributed by atoms with Crippen LogP contribution in [-0.4, -0.2) is 34.1 Å². The first-order valence-corrected chi connectivity index (χ1v) is 10.6. The van der Waals surface area contributed by atoms with E-state index >= 15 is 0 Å². The maximum atomic E-state index is 12.6. The Morgan fingerprint density at radius 3 is 2.37 bits per heavy atom. The number of likely N-dealkylation sites (tertiary alicyclic amines) is 1. The first-order chi connectivity index (χ1) is 14.5. The number of nitrogens with one attached hydrogen (secondary N) is 2. The molecule has 2 N–H and O–H groups in total.